The first-order valence-electron chi connectivity index (χ1n) is 10.9. The number of sulfonamides is 1. The zero-order chi connectivity index (χ0) is 27.8. The number of nitrogen functional groups attached to an aromatic ring is 1. The molecular weight excluding hydrogens is 528 g/mol. The van der Waals surface area contributed by atoms with Gasteiger partial charge in [-0.1, -0.05) is 12.1 Å². The zero-order valence-electron chi connectivity index (χ0n) is 19.3. The van der Waals surface area contributed by atoms with E-state index in [-0.39, 0.29) is 28.1 Å². The largest absolute Gasteiger partial charge is 0.478 e. The highest BCUT2D eigenvalue weighted by molar-refractivity contribution is 7.90. The van der Waals surface area contributed by atoms with Crippen LogP contribution < -0.4 is 10.5 Å². The Morgan fingerprint density at radius 3 is 2.50 bits per heavy atom. The molecule has 0 bridgehead atoms. The summed E-state index contributed by atoms with van der Waals surface area (Å²) >= 11 is 0. The maximum atomic E-state index is 13.6. The number of carbonyl (C=O) groups excluding carboxylic acids is 2. The Morgan fingerprint density at radius 2 is 1.84 bits per heavy atom. The molecule has 1 aromatic carbocycles. The number of hydrogen-bond acceptors (Lipinski definition) is 13. The third-order valence-corrected chi connectivity index (χ3v) is 7.72. The molecule has 202 valence electrons. The third kappa shape index (κ3) is 4.45. The van der Waals surface area contributed by atoms with Gasteiger partial charge in [0.05, 0.1) is 12.2 Å². The molecular formula is C21H22N6O10S. The van der Waals surface area contributed by atoms with Crippen molar-refractivity contribution in [2.75, 3.05) is 12.3 Å². The Hall–Kier alpha value is -4.03. The van der Waals surface area contributed by atoms with Crippen molar-refractivity contribution in [3.05, 3.63) is 48.0 Å². The zero-order valence-corrected chi connectivity index (χ0v) is 20.1. The molecule has 1 fully saturated rings. The lowest BCUT2D eigenvalue weighted by atomic mass is 10.0. The number of aliphatic hydroxyl groups is 3. The number of rotatable bonds is 9. The van der Waals surface area contributed by atoms with Crippen LogP contribution in [-0.4, -0.2) is 90.9 Å². The average molecular weight is 551 g/mol. The van der Waals surface area contributed by atoms with Crippen LogP contribution in [0.4, 0.5) is 5.82 Å². The molecule has 16 nitrogen and oxygen atoms in total. The molecule has 3 aromatic rings. The second-order valence-corrected chi connectivity index (χ2v) is 10.1. The SMILES string of the molecule is Nc1ncnc2c1ncn2[C@]1(S(=O)(=O)NC(=O)CCC(=O)c2cccc(C(=O)O)c2)O[C@H](CO)[C@@H](O)[C@H]1O. The number of fused-ring (bicyclic) bond motifs is 1. The van der Waals surface area contributed by atoms with E-state index in [4.69, 9.17) is 15.6 Å². The molecule has 4 rings (SSSR count). The summed E-state index contributed by atoms with van der Waals surface area (Å²) in [5, 5.41) is 36.9. The lowest BCUT2D eigenvalue weighted by molar-refractivity contribution is -0.120. The van der Waals surface area contributed by atoms with Crippen molar-refractivity contribution < 1.29 is 48.0 Å². The number of anilines is 1. The van der Waals surface area contributed by atoms with E-state index in [2.05, 4.69) is 15.0 Å². The van der Waals surface area contributed by atoms with Crippen molar-refractivity contribution >= 4 is 44.7 Å². The van der Waals surface area contributed by atoms with Crippen LogP contribution in [-0.2, 0) is 24.6 Å². The predicted molar refractivity (Wildman–Crippen MR) is 126 cm³/mol. The van der Waals surface area contributed by atoms with Crippen molar-refractivity contribution in [3.63, 3.8) is 0 Å². The van der Waals surface area contributed by atoms with Gasteiger partial charge in [-0.15, -0.1) is 0 Å². The smallest absolute Gasteiger partial charge is 0.335 e. The molecule has 4 atom stereocenters. The number of ether oxygens (including phenoxy) is 1. The van der Waals surface area contributed by atoms with E-state index in [1.807, 2.05) is 0 Å². The Kier molecular flexibility index (Phi) is 7.13. The molecule has 2 aromatic heterocycles. The highest BCUT2D eigenvalue weighted by Crippen LogP contribution is 2.41. The number of benzene rings is 1. The van der Waals surface area contributed by atoms with Gasteiger partial charge in [-0.05, 0) is 12.1 Å². The molecule has 0 spiro atoms. The number of carboxylic acid groups (broad SMARTS) is 1. The summed E-state index contributed by atoms with van der Waals surface area (Å²) in [6, 6.07) is 5.08. The van der Waals surface area contributed by atoms with Gasteiger partial charge in [-0.25, -0.2) is 32.9 Å². The number of aromatic nitrogens is 4. The molecule has 38 heavy (non-hydrogen) atoms. The highest BCUT2D eigenvalue weighted by Gasteiger charge is 2.65. The van der Waals surface area contributed by atoms with Crippen LogP contribution in [0.1, 0.15) is 33.6 Å². The van der Waals surface area contributed by atoms with Crippen LogP contribution in [0.2, 0.25) is 0 Å². The molecule has 0 saturated carbocycles. The van der Waals surface area contributed by atoms with Gasteiger partial charge in [0.1, 0.15) is 36.5 Å². The lowest BCUT2D eigenvalue weighted by Crippen LogP contribution is -2.56. The number of nitrogens with zero attached hydrogens (tertiary/aromatic N) is 4. The van der Waals surface area contributed by atoms with Crippen LogP contribution in [0.3, 0.4) is 0 Å². The topological polar surface area (TPSA) is 257 Å². The second-order valence-electron chi connectivity index (χ2n) is 8.29. The van der Waals surface area contributed by atoms with Gasteiger partial charge in [0.25, 0.3) is 10.0 Å². The van der Waals surface area contributed by atoms with Crippen LogP contribution in [0.15, 0.2) is 36.9 Å². The monoisotopic (exact) mass is 550 g/mol. The van der Waals surface area contributed by atoms with E-state index in [1.165, 1.54) is 18.2 Å². The number of aliphatic hydroxyl groups excluding tert-OH is 3. The molecule has 1 aliphatic heterocycles. The molecule has 3 heterocycles. The molecule has 1 amide bonds. The van der Waals surface area contributed by atoms with E-state index in [0.717, 1.165) is 23.3 Å². The molecule has 1 aliphatic rings. The first-order chi connectivity index (χ1) is 17.9. The summed E-state index contributed by atoms with van der Waals surface area (Å²) in [6.07, 6.45) is -5.00. The predicted octanol–water partition coefficient (Wildman–Crippen LogP) is -2.06. The molecule has 0 aliphatic carbocycles. The van der Waals surface area contributed by atoms with Crippen LogP contribution >= 0.6 is 0 Å². The van der Waals surface area contributed by atoms with Crippen LogP contribution in [0, 0.1) is 0 Å². The summed E-state index contributed by atoms with van der Waals surface area (Å²) in [5.74, 6) is -3.20. The normalized spacial score (nSPS) is 23.4. The van der Waals surface area contributed by atoms with Crippen molar-refractivity contribution in [3.8, 4) is 0 Å². The number of nitrogens with one attached hydrogen (secondary N) is 1. The van der Waals surface area contributed by atoms with Gasteiger partial charge in [-0.2, -0.15) is 0 Å². The number of hydrogen-bond donors (Lipinski definition) is 6. The van der Waals surface area contributed by atoms with Crippen molar-refractivity contribution in [1.29, 1.82) is 0 Å². The summed E-state index contributed by atoms with van der Waals surface area (Å²) in [7, 11) is -5.11. The number of aromatic carboxylic acids is 1. The van der Waals surface area contributed by atoms with Gasteiger partial charge in [0, 0.05) is 18.4 Å². The van der Waals surface area contributed by atoms with E-state index in [9.17, 15) is 38.1 Å². The first-order valence-corrected chi connectivity index (χ1v) is 12.4. The number of Topliss-reactive ketones (excluding diaryl/α,β-unsaturated/α-hetero) is 1. The van der Waals surface area contributed by atoms with Crippen LogP contribution in [0.25, 0.3) is 11.2 Å². The molecule has 0 unspecified atom stereocenters. The Balaban J connectivity index is 1.63. The number of carbonyl (C=O) groups is 3. The van der Waals surface area contributed by atoms with E-state index < -0.39 is 70.5 Å². The fourth-order valence-electron chi connectivity index (χ4n) is 4.02. The minimum atomic E-state index is -5.11. The minimum Gasteiger partial charge on any atom is -0.478 e. The standard InChI is InChI=1S/C21H22N6O10S/c22-18-15-19(24-8-23-18)27(9-25-15)21(17(32)16(31)13(7-28)37-21)38(35,36)26-14(30)5-4-12(29)10-2-1-3-11(6-10)20(33)34/h1-3,6,8-9,13,16-17,28,31-32H,4-5,7H2,(H,26,30)(H,33,34)(H2,22,23,24)/t13-,16-,17-,21+/m1/s1. The number of amides is 1. The van der Waals surface area contributed by atoms with Crippen molar-refractivity contribution in [2.24, 2.45) is 0 Å². The van der Waals surface area contributed by atoms with E-state index >= 15 is 0 Å². The minimum absolute atomic E-state index is 0.00245. The Bertz CT molecular complexity index is 1530. The average Bonchev–Trinajstić information content (AvgIpc) is 3.43. The number of carboxylic acids is 1. The number of ketones is 1. The summed E-state index contributed by atoms with van der Waals surface area (Å²) in [4.78, 5) is 47.8. The molecule has 7 N–H and O–H groups in total. The third-order valence-electron chi connectivity index (χ3n) is 5.92. The molecule has 0 radical (unpaired) electrons. The number of nitrogens with two attached hydrogens (primary N) is 1. The first kappa shape index (κ1) is 27.0. The van der Waals surface area contributed by atoms with Gasteiger partial charge in [-0.3, -0.25) is 14.2 Å². The quantitative estimate of drug-likeness (QED) is 0.157. The van der Waals surface area contributed by atoms with Gasteiger partial charge in [0.2, 0.25) is 5.91 Å². The summed E-state index contributed by atoms with van der Waals surface area (Å²) in [5.41, 5.74) is 5.31. The molecule has 17 heteroatoms. The lowest BCUT2D eigenvalue weighted by Gasteiger charge is -2.32. The summed E-state index contributed by atoms with van der Waals surface area (Å²) in [6.45, 7) is -0.892. The van der Waals surface area contributed by atoms with E-state index in [1.54, 1.807) is 4.72 Å². The summed E-state index contributed by atoms with van der Waals surface area (Å²) < 4.78 is 35.0. The van der Waals surface area contributed by atoms with Crippen LogP contribution in [0.5, 0.6) is 0 Å². The maximum absolute atomic E-state index is 13.6. The van der Waals surface area contributed by atoms with E-state index in [0.29, 0.717) is 0 Å². The highest BCUT2D eigenvalue weighted by atomic mass is 32.2. The number of imidazole rings is 1. The fraction of sp³-hybridized carbons (Fsp3) is 0.333. The van der Waals surface area contributed by atoms with Gasteiger partial charge in [0.15, 0.2) is 17.2 Å². The van der Waals surface area contributed by atoms with Gasteiger partial charge < -0.3 is 30.9 Å². The Labute approximate surface area is 213 Å². The maximum Gasteiger partial charge on any atom is 0.335 e. The fourth-order valence-corrected chi connectivity index (χ4v) is 5.67. The molecule has 1 saturated heterocycles. The second kappa shape index (κ2) is 10.0. The van der Waals surface area contributed by atoms with Gasteiger partial charge >= 0.3 is 11.0 Å². The Morgan fingerprint density at radius 1 is 1.13 bits per heavy atom. The van der Waals surface area contributed by atoms with Crippen molar-refractivity contribution in [2.45, 2.75) is 36.2 Å². The van der Waals surface area contributed by atoms with Crippen molar-refractivity contribution in [1.82, 2.24) is 24.2 Å².